The van der Waals surface area contributed by atoms with E-state index in [1.165, 1.54) is 5.39 Å². The number of hydrogen-bond acceptors (Lipinski definition) is 2. The quantitative estimate of drug-likeness (QED) is 0.656. The summed E-state index contributed by atoms with van der Waals surface area (Å²) in [5.41, 5.74) is 1.12. The molecule has 3 rings (SSSR count). The molecule has 0 saturated carbocycles. The van der Waals surface area contributed by atoms with Crippen molar-refractivity contribution in [1.29, 1.82) is 0 Å². The van der Waals surface area contributed by atoms with Crippen molar-refractivity contribution in [3.63, 3.8) is 0 Å². The molecule has 0 spiro atoms. The van der Waals surface area contributed by atoms with Crippen LogP contribution in [-0.2, 0) is 0 Å². The third-order valence-corrected chi connectivity index (χ3v) is 3.37. The minimum atomic E-state index is 0.613. The first-order valence-electron chi connectivity index (χ1n) is 6.00. The average molecular weight is 314 g/mol. The van der Waals surface area contributed by atoms with Gasteiger partial charge < -0.3 is 4.74 Å². The zero-order valence-electron chi connectivity index (χ0n) is 10.4. The van der Waals surface area contributed by atoms with Gasteiger partial charge in [-0.15, -0.1) is 0 Å². The van der Waals surface area contributed by atoms with Gasteiger partial charge in [0.05, 0.1) is 0 Å². The lowest BCUT2D eigenvalue weighted by Gasteiger charge is -2.06. The molecule has 0 unspecified atom stereocenters. The van der Waals surface area contributed by atoms with Crippen LogP contribution in [0.5, 0.6) is 11.6 Å². The van der Waals surface area contributed by atoms with Gasteiger partial charge in [0.25, 0.3) is 0 Å². The molecule has 0 saturated heterocycles. The van der Waals surface area contributed by atoms with Crippen molar-refractivity contribution in [3.05, 3.63) is 64.8 Å². The van der Waals surface area contributed by atoms with Crippen molar-refractivity contribution in [3.8, 4) is 11.6 Å². The number of nitrogens with zero attached hydrogens (tertiary/aromatic N) is 1. The zero-order valence-corrected chi connectivity index (χ0v) is 12.0. The van der Waals surface area contributed by atoms with Gasteiger partial charge in [0, 0.05) is 16.7 Å². The molecule has 0 amide bonds. The van der Waals surface area contributed by atoms with Crippen LogP contribution in [0.1, 0.15) is 5.56 Å². The lowest BCUT2D eigenvalue weighted by molar-refractivity contribution is 0.463. The van der Waals surface area contributed by atoms with Crippen LogP contribution in [0.2, 0.25) is 0 Å². The minimum absolute atomic E-state index is 0.613. The summed E-state index contributed by atoms with van der Waals surface area (Å²) >= 11 is 3.47. The van der Waals surface area contributed by atoms with E-state index in [1.54, 1.807) is 6.20 Å². The first kappa shape index (κ1) is 12.2. The molecule has 0 aliphatic carbocycles. The maximum Gasteiger partial charge on any atom is 0.219 e. The first-order valence-corrected chi connectivity index (χ1v) is 6.80. The van der Waals surface area contributed by atoms with Crippen molar-refractivity contribution in [2.24, 2.45) is 0 Å². The van der Waals surface area contributed by atoms with Gasteiger partial charge in [0.2, 0.25) is 5.88 Å². The SMILES string of the molecule is Cc1ccc(Oc2ccc3cc(Br)ccc3c2)nc1. The number of pyridine rings is 1. The largest absolute Gasteiger partial charge is 0.439 e. The minimum Gasteiger partial charge on any atom is -0.439 e. The first-order chi connectivity index (χ1) is 9.20. The number of benzene rings is 2. The smallest absolute Gasteiger partial charge is 0.219 e. The van der Waals surface area contributed by atoms with E-state index in [4.69, 9.17) is 4.74 Å². The monoisotopic (exact) mass is 313 g/mol. The second-order valence-corrected chi connectivity index (χ2v) is 5.34. The number of aromatic nitrogens is 1. The highest BCUT2D eigenvalue weighted by molar-refractivity contribution is 9.10. The van der Waals surface area contributed by atoms with Crippen molar-refractivity contribution < 1.29 is 4.74 Å². The third-order valence-electron chi connectivity index (χ3n) is 2.88. The molecule has 2 aromatic carbocycles. The molecule has 0 radical (unpaired) electrons. The highest BCUT2D eigenvalue weighted by Gasteiger charge is 2.01. The molecular weight excluding hydrogens is 302 g/mol. The molecule has 0 aliphatic heterocycles. The predicted molar refractivity (Wildman–Crippen MR) is 80.7 cm³/mol. The van der Waals surface area contributed by atoms with Crippen LogP contribution in [0, 0.1) is 6.92 Å². The van der Waals surface area contributed by atoms with Gasteiger partial charge in [-0.3, -0.25) is 0 Å². The molecule has 1 heterocycles. The maximum atomic E-state index is 5.75. The average Bonchev–Trinajstić information content (AvgIpc) is 2.42. The Hall–Kier alpha value is -1.87. The fourth-order valence-corrected chi connectivity index (χ4v) is 2.27. The second-order valence-electron chi connectivity index (χ2n) is 4.43. The molecule has 0 bridgehead atoms. The molecule has 2 nitrogen and oxygen atoms in total. The maximum absolute atomic E-state index is 5.75. The van der Waals surface area contributed by atoms with Gasteiger partial charge >= 0.3 is 0 Å². The summed E-state index contributed by atoms with van der Waals surface area (Å²) < 4.78 is 6.83. The van der Waals surface area contributed by atoms with E-state index in [0.717, 1.165) is 21.2 Å². The number of aryl methyl sites for hydroxylation is 1. The summed E-state index contributed by atoms with van der Waals surface area (Å²) in [6, 6.07) is 16.1. The van der Waals surface area contributed by atoms with Gasteiger partial charge in [-0.1, -0.05) is 34.1 Å². The van der Waals surface area contributed by atoms with Crippen LogP contribution in [0.25, 0.3) is 10.8 Å². The van der Waals surface area contributed by atoms with Crippen LogP contribution in [0.3, 0.4) is 0 Å². The molecule has 3 heteroatoms. The van der Waals surface area contributed by atoms with E-state index >= 15 is 0 Å². The van der Waals surface area contributed by atoms with Gasteiger partial charge in [0.1, 0.15) is 5.75 Å². The van der Waals surface area contributed by atoms with Crippen molar-refractivity contribution in [2.75, 3.05) is 0 Å². The number of fused-ring (bicyclic) bond motifs is 1. The summed E-state index contributed by atoms with van der Waals surface area (Å²) in [6.45, 7) is 2.00. The van der Waals surface area contributed by atoms with E-state index in [-0.39, 0.29) is 0 Å². The van der Waals surface area contributed by atoms with Crippen LogP contribution < -0.4 is 4.74 Å². The molecule has 1 aromatic heterocycles. The standard InChI is InChI=1S/C16H12BrNO/c1-11-2-7-16(18-10-11)19-15-6-4-12-8-14(17)5-3-13(12)9-15/h2-10H,1H3. The number of ether oxygens (including phenoxy) is 1. The van der Waals surface area contributed by atoms with Crippen molar-refractivity contribution in [2.45, 2.75) is 6.92 Å². The number of halogens is 1. The van der Waals surface area contributed by atoms with Crippen LogP contribution in [0.4, 0.5) is 0 Å². The Bertz CT molecular complexity index is 722. The molecule has 94 valence electrons. The summed E-state index contributed by atoms with van der Waals surface area (Å²) in [7, 11) is 0. The van der Waals surface area contributed by atoms with E-state index in [0.29, 0.717) is 5.88 Å². The molecule has 0 atom stereocenters. The molecule has 0 N–H and O–H groups in total. The van der Waals surface area contributed by atoms with E-state index in [2.05, 4.69) is 33.0 Å². The normalized spacial score (nSPS) is 10.6. The Balaban J connectivity index is 1.93. The second kappa shape index (κ2) is 5.02. The van der Waals surface area contributed by atoms with Gasteiger partial charge in [-0.25, -0.2) is 4.98 Å². The van der Waals surface area contributed by atoms with Gasteiger partial charge in [-0.2, -0.15) is 0 Å². The Morgan fingerprint density at radius 2 is 1.74 bits per heavy atom. The molecule has 0 fully saturated rings. The Morgan fingerprint density at radius 3 is 2.53 bits per heavy atom. The molecule has 3 aromatic rings. The number of hydrogen-bond donors (Lipinski definition) is 0. The summed E-state index contributed by atoms with van der Waals surface area (Å²) in [6.07, 6.45) is 1.80. The fourth-order valence-electron chi connectivity index (χ4n) is 1.89. The van der Waals surface area contributed by atoms with E-state index in [9.17, 15) is 0 Å². The lowest BCUT2D eigenvalue weighted by atomic mass is 10.1. The van der Waals surface area contributed by atoms with Gasteiger partial charge in [0.15, 0.2) is 0 Å². The molecule has 0 aliphatic rings. The van der Waals surface area contributed by atoms with Crippen molar-refractivity contribution >= 4 is 26.7 Å². The Morgan fingerprint density at radius 1 is 0.947 bits per heavy atom. The summed E-state index contributed by atoms with van der Waals surface area (Å²) in [5.74, 6) is 1.41. The fraction of sp³-hybridized carbons (Fsp3) is 0.0625. The summed E-state index contributed by atoms with van der Waals surface area (Å²) in [5, 5.41) is 2.33. The van der Waals surface area contributed by atoms with Crippen molar-refractivity contribution in [1.82, 2.24) is 4.98 Å². The summed E-state index contributed by atoms with van der Waals surface area (Å²) in [4.78, 5) is 4.24. The van der Waals surface area contributed by atoms with Crippen LogP contribution >= 0.6 is 15.9 Å². The van der Waals surface area contributed by atoms with E-state index < -0.39 is 0 Å². The highest BCUT2D eigenvalue weighted by atomic mass is 79.9. The predicted octanol–water partition coefficient (Wildman–Crippen LogP) is 5.10. The van der Waals surface area contributed by atoms with E-state index in [1.807, 2.05) is 43.3 Å². The molecule has 19 heavy (non-hydrogen) atoms. The topological polar surface area (TPSA) is 22.1 Å². The third kappa shape index (κ3) is 2.76. The van der Waals surface area contributed by atoms with Gasteiger partial charge in [-0.05, 0) is 47.5 Å². The highest BCUT2D eigenvalue weighted by Crippen LogP contribution is 2.26. The van der Waals surface area contributed by atoms with Crippen LogP contribution in [-0.4, -0.2) is 4.98 Å². The van der Waals surface area contributed by atoms with Crippen LogP contribution in [0.15, 0.2) is 59.2 Å². The zero-order chi connectivity index (χ0) is 13.2. The lowest BCUT2D eigenvalue weighted by Crippen LogP contribution is -1.88. The Labute approximate surface area is 120 Å². The Kier molecular flexibility index (Phi) is 3.22. The molecular formula is C16H12BrNO. The number of rotatable bonds is 2.